The molecule has 3 nitrogen and oxygen atoms in total. The molecule has 0 spiro atoms. The summed E-state index contributed by atoms with van der Waals surface area (Å²) in [6.45, 7) is 4.72. The Labute approximate surface area is 122 Å². The topological polar surface area (TPSA) is 30.5 Å². The number of benzene rings is 1. The molecule has 0 amide bonds. The van der Waals surface area contributed by atoms with Gasteiger partial charge in [-0.1, -0.05) is 31.9 Å². The van der Waals surface area contributed by atoms with Gasteiger partial charge in [0.25, 0.3) is 0 Å². The number of nitrogens with one attached hydrogen (secondary N) is 1. The van der Waals surface area contributed by atoms with Crippen LogP contribution in [0.5, 0.6) is 5.75 Å². The van der Waals surface area contributed by atoms with Crippen LogP contribution in [-0.2, 0) is 11.3 Å². The molecule has 1 fully saturated rings. The Morgan fingerprint density at radius 3 is 3.00 bits per heavy atom. The van der Waals surface area contributed by atoms with E-state index in [0.717, 1.165) is 30.4 Å². The molecule has 1 aromatic rings. The molecular weight excluding hydrogens is 250 g/mol. The van der Waals surface area contributed by atoms with Gasteiger partial charge in [0, 0.05) is 12.6 Å². The predicted molar refractivity (Wildman–Crippen MR) is 82.1 cm³/mol. The van der Waals surface area contributed by atoms with Gasteiger partial charge in [-0.3, -0.25) is 0 Å². The molecule has 0 aliphatic heterocycles. The fraction of sp³-hybridized carbons (Fsp3) is 0.647. The molecule has 0 bridgehead atoms. The highest BCUT2D eigenvalue weighted by Gasteiger charge is 2.17. The lowest BCUT2D eigenvalue weighted by atomic mass is 9.87. The maximum atomic E-state index is 5.72. The van der Waals surface area contributed by atoms with Gasteiger partial charge in [0.1, 0.15) is 5.75 Å². The molecule has 112 valence electrons. The first-order valence-corrected chi connectivity index (χ1v) is 7.72. The van der Waals surface area contributed by atoms with Gasteiger partial charge in [-0.05, 0) is 36.5 Å². The van der Waals surface area contributed by atoms with Gasteiger partial charge in [0.05, 0.1) is 20.3 Å². The molecule has 2 atom stereocenters. The quantitative estimate of drug-likeness (QED) is 0.775. The molecule has 1 N–H and O–H groups in total. The third-order valence-corrected chi connectivity index (χ3v) is 4.02. The van der Waals surface area contributed by atoms with Crippen molar-refractivity contribution < 1.29 is 9.47 Å². The monoisotopic (exact) mass is 277 g/mol. The smallest absolute Gasteiger partial charge is 0.119 e. The molecular formula is C17H27NO2. The molecule has 3 heteroatoms. The summed E-state index contributed by atoms with van der Waals surface area (Å²) in [7, 11) is 1.69. The van der Waals surface area contributed by atoms with Crippen LogP contribution >= 0.6 is 0 Å². The fourth-order valence-corrected chi connectivity index (χ4v) is 2.91. The number of methoxy groups -OCH3 is 1. The number of hydrogen-bond acceptors (Lipinski definition) is 3. The lowest BCUT2D eigenvalue weighted by Crippen LogP contribution is -2.35. The van der Waals surface area contributed by atoms with Crippen molar-refractivity contribution in [1.82, 2.24) is 5.32 Å². The largest absolute Gasteiger partial charge is 0.497 e. The van der Waals surface area contributed by atoms with Crippen molar-refractivity contribution in [2.45, 2.75) is 45.3 Å². The molecule has 20 heavy (non-hydrogen) atoms. The second kappa shape index (κ2) is 8.28. The summed E-state index contributed by atoms with van der Waals surface area (Å²) in [6, 6.07) is 8.74. The SMILES string of the molecule is COc1cccc(COCCNC2CCCC(C)C2)c1. The molecule has 2 unspecified atom stereocenters. The van der Waals surface area contributed by atoms with Gasteiger partial charge in [0.15, 0.2) is 0 Å². The van der Waals surface area contributed by atoms with Crippen molar-refractivity contribution in [2.24, 2.45) is 5.92 Å². The van der Waals surface area contributed by atoms with E-state index in [-0.39, 0.29) is 0 Å². The van der Waals surface area contributed by atoms with Gasteiger partial charge in [0.2, 0.25) is 0 Å². The van der Waals surface area contributed by atoms with Crippen molar-refractivity contribution in [3.63, 3.8) is 0 Å². The molecule has 1 aliphatic carbocycles. The highest BCUT2D eigenvalue weighted by molar-refractivity contribution is 5.27. The second-order valence-electron chi connectivity index (χ2n) is 5.83. The van der Waals surface area contributed by atoms with Crippen LogP contribution in [0.4, 0.5) is 0 Å². The zero-order valence-electron chi connectivity index (χ0n) is 12.7. The van der Waals surface area contributed by atoms with E-state index in [4.69, 9.17) is 9.47 Å². The zero-order valence-corrected chi connectivity index (χ0v) is 12.7. The highest BCUT2D eigenvalue weighted by atomic mass is 16.5. The van der Waals surface area contributed by atoms with Crippen molar-refractivity contribution in [1.29, 1.82) is 0 Å². The summed E-state index contributed by atoms with van der Waals surface area (Å²) in [4.78, 5) is 0. The lowest BCUT2D eigenvalue weighted by Gasteiger charge is -2.27. The van der Waals surface area contributed by atoms with Crippen molar-refractivity contribution in [3.05, 3.63) is 29.8 Å². The highest BCUT2D eigenvalue weighted by Crippen LogP contribution is 2.23. The fourth-order valence-electron chi connectivity index (χ4n) is 2.91. The summed E-state index contributed by atoms with van der Waals surface area (Å²) in [5, 5.41) is 3.61. The van der Waals surface area contributed by atoms with Crippen molar-refractivity contribution >= 4 is 0 Å². The Hall–Kier alpha value is -1.06. The first-order chi connectivity index (χ1) is 9.78. The average molecular weight is 277 g/mol. The Bertz CT molecular complexity index is 394. The van der Waals surface area contributed by atoms with Gasteiger partial charge in [-0.15, -0.1) is 0 Å². The predicted octanol–water partition coefficient (Wildman–Crippen LogP) is 3.38. The third kappa shape index (κ3) is 5.14. The van der Waals surface area contributed by atoms with E-state index >= 15 is 0 Å². The van der Waals surface area contributed by atoms with Crippen LogP contribution in [0.3, 0.4) is 0 Å². The van der Waals surface area contributed by atoms with Crippen LogP contribution in [0, 0.1) is 5.92 Å². The minimum absolute atomic E-state index is 0.653. The standard InChI is InChI=1S/C17H27NO2/c1-14-5-3-7-16(11-14)18-9-10-20-13-15-6-4-8-17(12-15)19-2/h4,6,8,12,14,16,18H,3,5,7,9-11,13H2,1-2H3. The van der Waals surface area contributed by atoms with Gasteiger partial charge in [-0.25, -0.2) is 0 Å². The Morgan fingerprint density at radius 2 is 2.20 bits per heavy atom. The molecule has 1 aromatic carbocycles. The van der Waals surface area contributed by atoms with Gasteiger partial charge < -0.3 is 14.8 Å². The molecule has 1 saturated carbocycles. The first-order valence-electron chi connectivity index (χ1n) is 7.72. The summed E-state index contributed by atoms with van der Waals surface area (Å²) in [5.41, 5.74) is 1.16. The Kier molecular flexibility index (Phi) is 6.34. The van der Waals surface area contributed by atoms with Crippen LogP contribution in [0.2, 0.25) is 0 Å². The minimum atomic E-state index is 0.653. The van der Waals surface area contributed by atoms with E-state index in [2.05, 4.69) is 18.3 Å². The van der Waals surface area contributed by atoms with Crippen molar-refractivity contribution in [3.8, 4) is 5.75 Å². The van der Waals surface area contributed by atoms with E-state index in [1.54, 1.807) is 7.11 Å². The first kappa shape index (κ1) is 15.3. The molecule has 1 aliphatic rings. The summed E-state index contributed by atoms with van der Waals surface area (Å²) in [5.74, 6) is 1.76. The van der Waals surface area contributed by atoms with Crippen LogP contribution < -0.4 is 10.1 Å². The average Bonchev–Trinajstić information content (AvgIpc) is 2.47. The number of ether oxygens (including phenoxy) is 2. The van der Waals surface area contributed by atoms with Crippen LogP contribution in [0.15, 0.2) is 24.3 Å². The summed E-state index contributed by atoms with van der Waals surface area (Å²) >= 11 is 0. The minimum Gasteiger partial charge on any atom is -0.497 e. The van der Waals surface area contributed by atoms with Crippen molar-refractivity contribution in [2.75, 3.05) is 20.3 Å². The number of hydrogen-bond donors (Lipinski definition) is 1. The van der Waals surface area contributed by atoms with Crippen LogP contribution in [0.1, 0.15) is 38.2 Å². The summed E-state index contributed by atoms with van der Waals surface area (Å²) in [6.07, 6.45) is 5.39. The lowest BCUT2D eigenvalue weighted by molar-refractivity contribution is 0.118. The van der Waals surface area contributed by atoms with E-state index in [0.29, 0.717) is 12.6 Å². The normalized spacial score (nSPS) is 22.7. The zero-order chi connectivity index (χ0) is 14.2. The van der Waals surface area contributed by atoms with E-state index in [1.165, 1.54) is 25.7 Å². The van der Waals surface area contributed by atoms with Gasteiger partial charge in [-0.2, -0.15) is 0 Å². The third-order valence-electron chi connectivity index (χ3n) is 4.02. The van der Waals surface area contributed by atoms with Crippen LogP contribution in [0.25, 0.3) is 0 Å². The van der Waals surface area contributed by atoms with E-state index in [1.807, 2.05) is 18.2 Å². The molecule has 0 heterocycles. The van der Waals surface area contributed by atoms with E-state index in [9.17, 15) is 0 Å². The Morgan fingerprint density at radius 1 is 1.30 bits per heavy atom. The molecule has 0 saturated heterocycles. The van der Waals surface area contributed by atoms with Gasteiger partial charge >= 0.3 is 0 Å². The second-order valence-corrected chi connectivity index (χ2v) is 5.83. The maximum absolute atomic E-state index is 5.72. The molecule has 0 radical (unpaired) electrons. The number of rotatable bonds is 7. The maximum Gasteiger partial charge on any atom is 0.119 e. The molecule has 2 rings (SSSR count). The molecule has 0 aromatic heterocycles. The van der Waals surface area contributed by atoms with Crippen LogP contribution in [-0.4, -0.2) is 26.3 Å². The summed E-state index contributed by atoms with van der Waals surface area (Å²) < 4.78 is 10.9. The Balaban J connectivity index is 1.59. The van der Waals surface area contributed by atoms with E-state index < -0.39 is 0 Å².